The molecule has 78 valence electrons. The van der Waals surface area contributed by atoms with Crippen molar-refractivity contribution in [3.8, 4) is 0 Å². The van der Waals surface area contributed by atoms with Gasteiger partial charge in [0.25, 0.3) is 0 Å². The Hall–Kier alpha value is -1.00. The average molecular weight is 288 g/mol. The highest BCUT2D eigenvalue weighted by atomic mass is 79.9. The molecule has 0 aliphatic rings. The highest BCUT2D eigenvalue weighted by Crippen LogP contribution is 2.16. The van der Waals surface area contributed by atoms with Crippen LogP contribution in [-0.2, 0) is 6.54 Å². The molecular weight excluding hydrogens is 279 g/mol. The average Bonchev–Trinajstić information content (AvgIpc) is 2.62. The number of hydrogen-bond donors (Lipinski definition) is 1. The molecule has 0 unspecified atom stereocenters. The van der Waals surface area contributed by atoms with Gasteiger partial charge in [0.2, 0.25) is 0 Å². The molecule has 0 radical (unpaired) electrons. The smallest absolute Gasteiger partial charge is 0.169 e. The standard InChI is InChI=1S/C10H8BrClN2O/c11-9-2-1-8(15-9)6-14-7-3-4-13-10(12)5-7/h1-5H,6H2,(H,13,14). The molecular formula is C10H8BrClN2O. The SMILES string of the molecule is Clc1cc(NCc2ccc(Br)o2)ccn1. The van der Waals surface area contributed by atoms with Crippen molar-refractivity contribution in [1.29, 1.82) is 0 Å². The molecule has 0 fully saturated rings. The first-order valence-corrected chi connectivity index (χ1v) is 5.51. The fraction of sp³-hybridized carbons (Fsp3) is 0.100. The molecule has 0 spiro atoms. The van der Waals surface area contributed by atoms with Crippen LogP contribution in [0.5, 0.6) is 0 Å². The number of nitrogens with zero attached hydrogens (tertiary/aromatic N) is 1. The summed E-state index contributed by atoms with van der Waals surface area (Å²) >= 11 is 8.99. The van der Waals surface area contributed by atoms with Crippen LogP contribution in [0.4, 0.5) is 5.69 Å². The summed E-state index contributed by atoms with van der Waals surface area (Å²) in [6.07, 6.45) is 1.66. The predicted octanol–water partition coefficient (Wildman–Crippen LogP) is 3.70. The summed E-state index contributed by atoms with van der Waals surface area (Å²) in [5, 5.41) is 3.65. The second kappa shape index (κ2) is 4.68. The van der Waals surface area contributed by atoms with E-state index in [0.29, 0.717) is 11.7 Å². The minimum atomic E-state index is 0.473. The van der Waals surface area contributed by atoms with E-state index in [-0.39, 0.29) is 0 Å². The summed E-state index contributed by atoms with van der Waals surface area (Å²) in [6.45, 7) is 0.617. The van der Waals surface area contributed by atoms with Crippen molar-refractivity contribution in [3.63, 3.8) is 0 Å². The van der Waals surface area contributed by atoms with E-state index in [9.17, 15) is 0 Å². The van der Waals surface area contributed by atoms with Crippen molar-refractivity contribution in [1.82, 2.24) is 4.98 Å². The third kappa shape index (κ3) is 2.97. The molecule has 5 heteroatoms. The molecule has 0 bridgehead atoms. The van der Waals surface area contributed by atoms with Gasteiger partial charge in [0.05, 0.1) is 6.54 Å². The van der Waals surface area contributed by atoms with E-state index >= 15 is 0 Å². The van der Waals surface area contributed by atoms with Gasteiger partial charge in [-0.05, 0) is 40.2 Å². The minimum absolute atomic E-state index is 0.473. The summed E-state index contributed by atoms with van der Waals surface area (Å²) in [6, 6.07) is 7.37. The lowest BCUT2D eigenvalue weighted by molar-refractivity contribution is 0.495. The Bertz CT molecular complexity index is 458. The summed E-state index contributed by atoms with van der Waals surface area (Å²) in [5.74, 6) is 0.856. The fourth-order valence-corrected chi connectivity index (χ4v) is 1.66. The van der Waals surface area contributed by atoms with Crippen molar-refractivity contribution < 1.29 is 4.42 Å². The van der Waals surface area contributed by atoms with Crippen LogP contribution >= 0.6 is 27.5 Å². The van der Waals surface area contributed by atoms with Gasteiger partial charge in [-0.1, -0.05) is 11.6 Å². The molecule has 2 aromatic rings. The Kier molecular flexibility index (Phi) is 3.28. The molecule has 0 aliphatic carbocycles. The van der Waals surface area contributed by atoms with E-state index in [1.54, 1.807) is 12.3 Å². The molecule has 0 saturated heterocycles. The largest absolute Gasteiger partial charge is 0.452 e. The highest BCUT2D eigenvalue weighted by molar-refractivity contribution is 9.10. The quantitative estimate of drug-likeness (QED) is 0.875. The number of hydrogen-bond acceptors (Lipinski definition) is 3. The van der Waals surface area contributed by atoms with E-state index in [1.807, 2.05) is 18.2 Å². The van der Waals surface area contributed by atoms with Crippen molar-refractivity contribution in [2.75, 3.05) is 5.32 Å². The maximum Gasteiger partial charge on any atom is 0.169 e. The number of aromatic nitrogens is 1. The number of anilines is 1. The molecule has 0 aromatic carbocycles. The first kappa shape index (κ1) is 10.5. The monoisotopic (exact) mass is 286 g/mol. The van der Waals surface area contributed by atoms with Crippen LogP contribution in [0.1, 0.15) is 5.76 Å². The van der Waals surface area contributed by atoms with Crippen LogP contribution in [0.3, 0.4) is 0 Å². The van der Waals surface area contributed by atoms with Crippen LogP contribution in [0.15, 0.2) is 39.5 Å². The van der Waals surface area contributed by atoms with E-state index in [0.717, 1.165) is 16.1 Å². The fourth-order valence-electron chi connectivity index (χ4n) is 1.15. The third-order valence-corrected chi connectivity index (χ3v) is 2.46. The second-order valence-corrected chi connectivity index (χ2v) is 4.10. The molecule has 3 nitrogen and oxygen atoms in total. The number of rotatable bonds is 3. The zero-order valence-corrected chi connectivity index (χ0v) is 10.0. The molecule has 0 amide bonds. The van der Waals surface area contributed by atoms with Crippen LogP contribution in [0, 0.1) is 0 Å². The molecule has 2 aromatic heterocycles. The first-order chi connectivity index (χ1) is 7.24. The molecule has 0 atom stereocenters. The van der Waals surface area contributed by atoms with E-state index < -0.39 is 0 Å². The normalized spacial score (nSPS) is 10.3. The Balaban J connectivity index is 1.99. The first-order valence-electron chi connectivity index (χ1n) is 4.34. The van der Waals surface area contributed by atoms with Gasteiger partial charge in [-0.15, -0.1) is 0 Å². The lowest BCUT2D eigenvalue weighted by Gasteiger charge is -2.03. The molecule has 2 heterocycles. The van der Waals surface area contributed by atoms with Gasteiger partial charge in [0.1, 0.15) is 10.9 Å². The maximum atomic E-state index is 5.75. The van der Waals surface area contributed by atoms with Crippen molar-refractivity contribution in [3.05, 3.63) is 46.0 Å². The van der Waals surface area contributed by atoms with E-state index in [4.69, 9.17) is 16.0 Å². The van der Waals surface area contributed by atoms with E-state index in [2.05, 4.69) is 26.2 Å². The van der Waals surface area contributed by atoms with Crippen LogP contribution in [-0.4, -0.2) is 4.98 Å². The predicted molar refractivity (Wildman–Crippen MR) is 63.0 cm³/mol. The van der Waals surface area contributed by atoms with Crippen LogP contribution in [0.2, 0.25) is 5.15 Å². The molecule has 15 heavy (non-hydrogen) atoms. The van der Waals surface area contributed by atoms with Gasteiger partial charge < -0.3 is 9.73 Å². The van der Waals surface area contributed by atoms with Gasteiger partial charge in [-0.3, -0.25) is 0 Å². The van der Waals surface area contributed by atoms with Crippen LogP contribution < -0.4 is 5.32 Å². The molecule has 1 N–H and O–H groups in total. The van der Waals surface area contributed by atoms with Crippen LogP contribution in [0.25, 0.3) is 0 Å². The van der Waals surface area contributed by atoms with Crippen molar-refractivity contribution in [2.24, 2.45) is 0 Å². The number of halogens is 2. The number of nitrogens with one attached hydrogen (secondary N) is 1. The topological polar surface area (TPSA) is 38.1 Å². The highest BCUT2D eigenvalue weighted by Gasteiger charge is 1.99. The molecule has 2 rings (SSSR count). The third-order valence-electron chi connectivity index (χ3n) is 1.82. The summed E-state index contributed by atoms with van der Waals surface area (Å²) in [4.78, 5) is 3.89. The van der Waals surface area contributed by atoms with Crippen molar-refractivity contribution in [2.45, 2.75) is 6.54 Å². The lowest BCUT2D eigenvalue weighted by atomic mass is 10.4. The van der Waals surface area contributed by atoms with E-state index in [1.165, 1.54) is 0 Å². The molecule has 0 aliphatic heterocycles. The minimum Gasteiger partial charge on any atom is -0.452 e. The zero-order valence-electron chi connectivity index (χ0n) is 7.71. The maximum absolute atomic E-state index is 5.75. The van der Waals surface area contributed by atoms with Gasteiger partial charge in [-0.2, -0.15) is 0 Å². The Labute approximate surface area is 101 Å². The molecule has 0 saturated carbocycles. The number of furan rings is 1. The van der Waals surface area contributed by atoms with Gasteiger partial charge in [0.15, 0.2) is 4.67 Å². The Morgan fingerprint density at radius 3 is 2.93 bits per heavy atom. The van der Waals surface area contributed by atoms with Gasteiger partial charge in [0, 0.05) is 11.9 Å². The van der Waals surface area contributed by atoms with Crippen molar-refractivity contribution >= 4 is 33.2 Å². The van der Waals surface area contributed by atoms with Gasteiger partial charge in [-0.25, -0.2) is 4.98 Å². The van der Waals surface area contributed by atoms with Gasteiger partial charge >= 0.3 is 0 Å². The Morgan fingerprint density at radius 2 is 2.27 bits per heavy atom. The summed E-state index contributed by atoms with van der Waals surface area (Å²) < 4.78 is 6.07. The lowest BCUT2D eigenvalue weighted by Crippen LogP contribution is -1.97. The second-order valence-electron chi connectivity index (χ2n) is 2.93. The Morgan fingerprint density at radius 1 is 1.40 bits per heavy atom. The zero-order chi connectivity index (χ0) is 10.7. The summed E-state index contributed by atoms with van der Waals surface area (Å²) in [5.41, 5.74) is 0.919. The summed E-state index contributed by atoms with van der Waals surface area (Å²) in [7, 11) is 0. The number of pyridine rings is 1.